The highest BCUT2D eigenvalue weighted by atomic mass is 16.2. The molecule has 6 nitrogen and oxygen atoms in total. The van der Waals surface area contributed by atoms with E-state index in [0.717, 1.165) is 5.69 Å². The molecule has 0 aliphatic carbocycles. The van der Waals surface area contributed by atoms with Gasteiger partial charge in [0.2, 0.25) is 11.8 Å². The molecule has 1 aromatic rings. The fourth-order valence-electron chi connectivity index (χ4n) is 1.69. The summed E-state index contributed by atoms with van der Waals surface area (Å²) in [5.41, 5.74) is 0.647. The third kappa shape index (κ3) is 4.22. The second-order valence-corrected chi connectivity index (χ2v) is 5.43. The van der Waals surface area contributed by atoms with Crippen LogP contribution in [0.25, 0.3) is 0 Å². The Morgan fingerprint density at radius 2 is 2.20 bits per heavy atom. The van der Waals surface area contributed by atoms with Crippen molar-refractivity contribution in [2.24, 2.45) is 7.05 Å². The zero-order valence-corrected chi connectivity index (χ0v) is 12.5. The lowest BCUT2D eigenvalue weighted by atomic mass is 9.89. The van der Waals surface area contributed by atoms with Crippen LogP contribution in [-0.4, -0.2) is 46.6 Å². The molecule has 1 heterocycles. The minimum Gasteiger partial charge on any atom is -0.354 e. The molecule has 0 spiro atoms. The lowest BCUT2D eigenvalue weighted by Crippen LogP contribution is -2.42. The number of carbonyl (C=O) groups is 2. The summed E-state index contributed by atoms with van der Waals surface area (Å²) in [7, 11) is 3.42. The molecule has 1 N–H and O–H groups in total. The van der Waals surface area contributed by atoms with Crippen molar-refractivity contribution in [1.82, 2.24) is 20.0 Å². The molecular weight excluding hydrogens is 256 g/mol. The number of aromatic nitrogens is 2. The molecule has 6 heteroatoms. The van der Waals surface area contributed by atoms with E-state index in [1.807, 2.05) is 33.2 Å². The standard InChI is InChI=1S/C14H22N4O2/c1-6-13(20)17(4)9-12(19)15-10-14(2,3)11-7-8-18(5)16-11/h6-8H,1,9-10H2,2-5H3,(H,15,19). The lowest BCUT2D eigenvalue weighted by molar-refractivity contribution is -0.131. The van der Waals surface area contributed by atoms with Gasteiger partial charge in [-0.1, -0.05) is 20.4 Å². The van der Waals surface area contributed by atoms with Crippen LogP contribution in [0.2, 0.25) is 0 Å². The van der Waals surface area contributed by atoms with Gasteiger partial charge in [-0.2, -0.15) is 5.10 Å². The van der Waals surface area contributed by atoms with Crippen LogP contribution in [0.4, 0.5) is 0 Å². The Balaban J connectivity index is 2.52. The Hall–Kier alpha value is -2.11. The zero-order chi connectivity index (χ0) is 15.3. The summed E-state index contributed by atoms with van der Waals surface area (Å²) >= 11 is 0. The van der Waals surface area contributed by atoms with Crippen molar-refractivity contribution in [3.05, 3.63) is 30.6 Å². The van der Waals surface area contributed by atoms with Gasteiger partial charge in [0, 0.05) is 32.3 Å². The monoisotopic (exact) mass is 278 g/mol. The first-order chi connectivity index (χ1) is 9.26. The van der Waals surface area contributed by atoms with Crippen molar-refractivity contribution in [1.29, 1.82) is 0 Å². The highest BCUT2D eigenvalue weighted by Crippen LogP contribution is 2.19. The molecule has 0 aliphatic rings. The maximum atomic E-state index is 11.8. The SMILES string of the molecule is C=CC(=O)N(C)CC(=O)NCC(C)(C)c1ccn(C)n1. The smallest absolute Gasteiger partial charge is 0.246 e. The molecule has 0 aliphatic heterocycles. The molecule has 0 bridgehead atoms. The first-order valence-electron chi connectivity index (χ1n) is 6.40. The van der Waals surface area contributed by atoms with E-state index in [-0.39, 0.29) is 23.8 Å². The molecule has 0 atom stereocenters. The third-order valence-corrected chi connectivity index (χ3v) is 3.07. The van der Waals surface area contributed by atoms with Crippen molar-refractivity contribution < 1.29 is 9.59 Å². The van der Waals surface area contributed by atoms with Gasteiger partial charge in [0.15, 0.2) is 0 Å². The number of hydrogen-bond acceptors (Lipinski definition) is 3. The highest BCUT2D eigenvalue weighted by molar-refractivity contribution is 5.90. The first kappa shape index (κ1) is 15.9. The van der Waals surface area contributed by atoms with Crippen molar-refractivity contribution in [2.45, 2.75) is 19.3 Å². The maximum absolute atomic E-state index is 11.8. The van der Waals surface area contributed by atoms with Crippen LogP contribution in [0.15, 0.2) is 24.9 Å². The van der Waals surface area contributed by atoms with Crippen LogP contribution >= 0.6 is 0 Å². The first-order valence-corrected chi connectivity index (χ1v) is 6.40. The van der Waals surface area contributed by atoms with Gasteiger partial charge >= 0.3 is 0 Å². The quantitative estimate of drug-likeness (QED) is 0.769. The number of hydrogen-bond donors (Lipinski definition) is 1. The second kappa shape index (κ2) is 6.36. The average molecular weight is 278 g/mol. The van der Waals surface area contributed by atoms with Crippen LogP contribution in [0.5, 0.6) is 0 Å². The van der Waals surface area contributed by atoms with Crippen LogP contribution in [0, 0.1) is 0 Å². The van der Waals surface area contributed by atoms with Crippen molar-refractivity contribution in [3.63, 3.8) is 0 Å². The largest absolute Gasteiger partial charge is 0.354 e. The Labute approximate surface area is 119 Å². The van der Waals surface area contributed by atoms with Crippen LogP contribution in [-0.2, 0) is 22.1 Å². The van der Waals surface area contributed by atoms with Gasteiger partial charge in [-0.15, -0.1) is 0 Å². The van der Waals surface area contributed by atoms with Gasteiger partial charge in [0.05, 0.1) is 12.2 Å². The molecule has 1 aromatic heterocycles. The molecule has 0 saturated heterocycles. The predicted molar refractivity (Wildman–Crippen MR) is 77.1 cm³/mol. The summed E-state index contributed by atoms with van der Waals surface area (Å²) in [6, 6.07) is 1.93. The van der Waals surface area contributed by atoms with E-state index < -0.39 is 0 Å². The van der Waals surface area contributed by atoms with Crippen molar-refractivity contribution >= 4 is 11.8 Å². The minimum atomic E-state index is -0.274. The molecular formula is C14H22N4O2. The molecule has 20 heavy (non-hydrogen) atoms. The van der Waals surface area contributed by atoms with E-state index in [1.54, 1.807) is 11.7 Å². The summed E-state index contributed by atoms with van der Waals surface area (Å²) in [5.74, 6) is -0.476. The van der Waals surface area contributed by atoms with Crippen LogP contribution in [0.1, 0.15) is 19.5 Å². The number of aryl methyl sites for hydroxylation is 1. The van der Waals surface area contributed by atoms with Gasteiger partial charge in [-0.25, -0.2) is 0 Å². The normalized spacial score (nSPS) is 11.0. The minimum absolute atomic E-state index is 0.0170. The molecule has 0 radical (unpaired) electrons. The topological polar surface area (TPSA) is 67.2 Å². The lowest BCUT2D eigenvalue weighted by Gasteiger charge is -2.23. The molecule has 110 valence electrons. The van der Waals surface area contributed by atoms with Gasteiger partial charge in [0.25, 0.3) is 0 Å². The van der Waals surface area contributed by atoms with E-state index in [4.69, 9.17) is 0 Å². The molecule has 2 amide bonds. The molecule has 0 fully saturated rings. The highest BCUT2D eigenvalue weighted by Gasteiger charge is 2.24. The van der Waals surface area contributed by atoms with Gasteiger partial charge in [-0.05, 0) is 12.1 Å². The van der Waals surface area contributed by atoms with E-state index in [1.165, 1.54) is 11.0 Å². The van der Waals surface area contributed by atoms with Gasteiger partial charge in [-0.3, -0.25) is 14.3 Å². The Kier molecular flexibility index (Phi) is 5.07. The van der Waals surface area contributed by atoms with E-state index in [0.29, 0.717) is 6.54 Å². The van der Waals surface area contributed by atoms with Crippen molar-refractivity contribution in [3.8, 4) is 0 Å². The van der Waals surface area contributed by atoms with Crippen LogP contribution < -0.4 is 5.32 Å². The summed E-state index contributed by atoms with van der Waals surface area (Å²) < 4.78 is 1.73. The number of rotatable bonds is 6. The van der Waals surface area contributed by atoms with Gasteiger partial charge in [0.1, 0.15) is 0 Å². The van der Waals surface area contributed by atoms with Crippen molar-refractivity contribution in [2.75, 3.05) is 20.1 Å². The second-order valence-electron chi connectivity index (χ2n) is 5.43. The number of likely N-dealkylation sites (N-methyl/N-ethyl adjacent to an activating group) is 1. The average Bonchev–Trinajstić information content (AvgIpc) is 2.83. The third-order valence-electron chi connectivity index (χ3n) is 3.07. The number of carbonyl (C=O) groups excluding carboxylic acids is 2. The summed E-state index contributed by atoms with van der Waals surface area (Å²) in [5, 5.41) is 7.17. The molecule has 0 saturated carbocycles. The van der Waals surface area contributed by atoms with E-state index >= 15 is 0 Å². The number of nitrogens with one attached hydrogen (secondary N) is 1. The van der Waals surface area contributed by atoms with E-state index in [2.05, 4.69) is 17.0 Å². The summed E-state index contributed by atoms with van der Waals surface area (Å²) in [6.45, 7) is 7.87. The van der Waals surface area contributed by atoms with Crippen LogP contribution in [0.3, 0.4) is 0 Å². The molecule has 1 rings (SSSR count). The summed E-state index contributed by atoms with van der Waals surface area (Å²) in [4.78, 5) is 24.4. The number of nitrogens with zero attached hydrogens (tertiary/aromatic N) is 3. The molecule has 0 unspecified atom stereocenters. The Morgan fingerprint density at radius 1 is 1.55 bits per heavy atom. The Morgan fingerprint density at radius 3 is 2.70 bits per heavy atom. The molecule has 0 aromatic carbocycles. The Bertz CT molecular complexity index is 505. The predicted octanol–water partition coefficient (Wildman–Crippen LogP) is 0.458. The van der Waals surface area contributed by atoms with E-state index in [9.17, 15) is 9.59 Å². The fraction of sp³-hybridized carbons (Fsp3) is 0.500. The fourth-order valence-corrected chi connectivity index (χ4v) is 1.69. The summed E-state index contributed by atoms with van der Waals surface area (Å²) in [6.07, 6.45) is 3.06. The van der Waals surface area contributed by atoms with Gasteiger partial charge < -0.3 is 10.2 Å². The maximum Gasteiger partial charge on any atom is 0.246 e. The zero-order valence-electron chi connectivity index (χ0n) is 12.5. The number of amides is 2.